The number of carbonyl (C=O) groups is 1. The second kappa shape index (κ2) is 5.74. The summed E-state index contributed by atoms with van der Waals surface area (Å²) in [5, 5.41) is 11.7. The zero-order valence-corrected chi connectivity index (χ0v) is 12.8. The quantitative estimate of drug-likeness (QED) is 0.621. The Bertz CT molecular complexity index is 970. The van der Waals surface area contributed by atoms with Gasteiger partial charge in [-0.2, -0.15) is 0 Å². The van der Waals surface area contributed by atoms with E-state index in [1.807, 2.05) is 48.5 Å². The Morgan fingerprint density at radius 1 is 0.750 bits per heavy atom. The molecule has 0 aliphatic heterocycles. The van der Waals surface area contributed by atoms with Crippen LogP contribution in [-0.4, -0.2) is 21.0 Å². The fourth-order valence-corrected chi connectivity index (χ4v) is 3.17. The van der Waals surface area contributed by atoms with Crippen LogP contribution in [0.5, 0.6) is 0 Å². The van der Waals surface area contributed by atoms with Gasteiger partial charge in [-0.3, -0.25) is 14.8 Å². The summed E-state index contributed by atoms with van der Waals surface area (Å²) in [4.78, 5) is 20.8. The fraction of sp³-hybridized carbons (Fsp3) is 0.0500. The highest BCUT2D eigenvalue weighted by molar-refractivity contribution is 5.95. The van der Waals surface area contributed by atoms with Crippen molar-refractivity contribution in [2.24, 2.45) is 0 Å². The predicted molar refractivity (Wildman–Crippen MR) is 93.0 cm³/mol. The second-order valence-electron chi connectivity index (χ2n) is 5.61. The Morgan fingerprint density at radius 2 is 1.21 bits per heavy atom. The minimum atomic E-state index is -0.886. The van der Waals surface area contributed by atoms with E-state index in [9.17, 15) is 9.90 Å². The number of nitrogens with zero attached hydrogens (tertiary/aromatic N) is 2. The smallest absolute Gasteiger partial charge is 0.315 e. The molecule has 0 amide bonds. The van der Waals surface area contributed by atoms with Crippen LogP contribution in [0.1, 0.15) is 17.0 Å². The predicted octanol–water partition coefficient (Wildman–Crippen LogP) is 4.00. The van der Waals surface area contributed by atoms with Gasteiger partial charge in [0.2, 0.25) is 0 Å². The van der Waals surface area contributed by atoms with Crippen molar-refractivity contribution in [3.05, 3.63) is 84.2 Å². The number of benzene rings is 2. The third kappa shape index (κ3) is 2.29. The molecule has 4 rings (SSSR count). The molecule has 2 heterocycles. The Hall–Kier alpha value is -3.27. The van der Waals surface area contributed by atoms with Crippen LogP contribution >= 0.6 is 0 Å². The van der Waals surface area contributed by atoms with Gasteiger partial charge in [-0.1, -0.05) is 36.4 Å². The highest BCUT2D eigenvalue weighted by Crippen LogP contribution is 2.33. The van der Waals surface area contributed by atoms with Crippen LogP contribution in [-0.2, 0) is 4.79 Å². The number of pyridine rings is 2. The molecule has 0 aliphatic carbocycles. The number of aliphatic carboxylic acids is 1. The number of fused-ring (bicyclic) bond motifs is 2. The molecule has 4 nitrogen and oxygen atoms in total. The van der Waals surface area contributed by atoms with Crippen LogP contribution in [0.2, 0.25) is 0 Å². The molecular weight excluding hydrogens is 300 g/mol. The largest absolute Gasteiger partial charge is 0.481 e. The van der Waals surface area contributed by atoms with Gasteiger partial charge in [-0.25, -0.2) is 0 Å². The molecule has 0 radical (unpaired) electrons. The number of para-hydroxylation sites is 2. The van der Waals surface area contributed by atoms with Crippen LogP contribution in [0, 0.1) is 0 Å². The molecule has 24 heavy (non-hydrogen) atoms. The molecule has 0 aliphatic rings. The normalized spacial score (nSPS) is 11.2. The van der Waals surface area contributed by atoms with Crippen LogP contribution in [0.3, 0.4) is 0 Å². The summed E-state index contributed by atoms with van der Waals surface area (Å²) in [6, 6.07) is 18.8. The highest BCUT2D eigenvalue weighted by atomic mass is 16.4. The number of hydrogen-bond acceptors (Lipinski definition) is 3. The van der Waals surface area contributed by atoms with E-state index in [2.05, 4.69) is 9.97 Å². The van der Waals surface area contributed by atoms with E-state index >= 15 is 0 Å². The average Bonchev–Trinajstić information content (AvgIpc) is 2.62. The van der Waals surface area contributed by atoms with E-state index in [0.717, 1.165) is 32.9 Å². The number of hydrogen-bond donors (Lipinski definition) is 1. The highest BCUT2D eigenvalue weighted by Gasteiger charge is 2.26. The van der Waals surface area contributed by atoms with Crippen molar-refractivity contribution in [1.29, 1.82) is 0 Å². The summed E-state index contributed by atoms with van der Waals surface area (Å²) in [5.74, 6) is -1.66. The maximum Gasteiger partial charge on any atom is 0.315 e. The third-order valence-corrected chi connectivity index (χ3v) is 4.23. The SMILES string of the molecule is O=C(O)C(c1ccnc2ccccc12)c1ccnc2ccccc12. The molecule has 0 saturated carbocycles. The van der Waals surface area contributed by atoms with Crippen LogP contribution in [0.15, 0.2) is 73.1 Å². The zero-order valence-electron chi connectivity index (χ0n) is 12.8. The summed E-state index contributed by atoms with van der Waals surface area (Å²) in [7, 11) is 0. The molecule has 0 bridgehead atoms. The molecule has 4 aromatic rings. The minimum Gasteiger partial charge on any atom is -0.481 e. The van der Waals surface area contributed by atoms with Crippen LogP contribution in [0.4, 0.5) is 0 Å². The molecule has 4 heteroatoms. The van der Waals surface area contributed by atoms with Gasteiger partial charge in [0, 0.05) is 23.2 Å². The standard InChI is InChI=1S/C20H14N2O2/c23-20(24)19(15-9-11-21-17-7-3-1-5-13(15)17)16-10-12-22-18-8-4-2-6-14(16)18/h1-12,19H,(H,23,24). The first-order valence-corrected chi connectivity index (χ1v) is 7.66. The first-order chi connectivity index (χ1) is 11.8. The lowest BCUT2D eigenvalue weighted by molar-refractivity contribution is -0.137. The van der Waals surface area contributed by atoms with E-state index < -0.39 is 11.9 Å². The lowest BCUT2D eigenvalue weighted by Crippen LogP contribution is -2.14. The Labute approximate surface area is 138 Å². The lowest BCUT2D eigenvalue weighted by atomic mass is 9.87. The topological polar surface area (TPSA) is 63.1 Å². The summed E-state index contributed by atoms with van der Waals surface area (Å²) in [5.41, 5.74) is 3.06. The first-order valence-electron chi connectivity index (χ1n) is 7.66. The van der Waals surface area contributed by atoms with Crippen molar-refractivity contribution in [1.82, 2.24) is 9.97 Å². The average molecular weight is 314 g/mol. The number of aromatic nitrogens is 2. The van der Waals surface area contributed by atoms with Crippen molar-refractivity contribution in [2.75, 3.05) is 0 Å². The molecule has 0 unspecified atom stereocenters. The van der Waals surface area contributed by atoms with Gasteiger partial charge < -0.3 is 5.11 Å². The van der Waals surface area contributed by atoms with E-state index in [1.165, 1.54) is 0 Å². The van der Waals surface area contributed by atoms with Gasteiger partial charge in [0.25, 0.3) is 0 Å². The molecule has 0 fully saturated rings. The van der Waals surface area contributed by atoms with Gasteiger partial charge in [0.1, 0.15) is 5.92 Å². The monoisotopic (exact) mass is 314 g/mol. The summed E-state index contributed by atoms with van der Waals surface area (Å²) < 4.78 is 0. The van der Waals surface area contributed by atoms with Crippen molar-refractivity contribution in [3.8, 4) is 0 Å². The van der Waals surface area contributed by atoms with Crippen molar-refractivity contribution >= 4 is 27.8 Å². The molecule has 0 saturated heterocycles. The van der Waals surface area contributed by atoms with Gasteiger partial charge in [0.05, 0.1) is 11.0 Å². The van der Waals surface area contributed by atoms with Gasteiger partial charge in [-0.05, 0) is 35.4 Å². The summed E-state index contributed by atoms with van der Waals surface area (Å²) >= 11 is 0. The van der Waals surface area contributed by atoms with Crippen molar-refractivity contribution in [2.45, 2.75) is 5.92 Å². The summed E-state index contributed by atoms with van der Waals surface area (Å²) in [6.45, 7) is 0. The van der Waals surface area contributed by atoms with Crippen molar-refractivity contribution in [3.63, 3.8) is 0 Å². The molecule has 2 aromatic carbocycles. The number of rotatable bonds is 3. The molecule has 2 aromatic heterocycles. The van der Waals surface area contributed by atoms with Crippen LogP contribution < -0.4 is 0 Å². The molecule has 0 spiro atoms. The van der Waals surface area contributed by atoms with Crippen molar-refractivity contribution < 1.29 is 9.90 Å². The van der Waals surface area contributed by atoms with E-state index in [0.29, 0.717) is 0 Å². The van der Waals surface area contributed by atoms with Gasteiger partial charge >= 0.3 is 5.97 Å². The Morgan fingerprint density at radius 3 is 1.67 bits per heavy atom. The van der Waals surface area contributed by atoms with E-state index in [-0.39, 0.29) is 0 Å². The Kier molecular flexibility index (Phi) is 3.43. The maximum atomic E-state index is 12.1. The second-order valence-corrected chi connectivity index (χ2v) is 5.61. The minimum absolute atomic E-state index is 0.740. The van der Waals surface area contributed by atoms with Crippen LogP contribution in [0.25, 0.3) is 21.8 Å². The lowest BCUT2D eigenvalue weighted by Gasteiger charge is -2.17. The fourth-order valence-electron chi connectivity index (χ4n) is 3.17. The molecule has 1 N–H and O–H groups in total. The van der Waals surface area contributed by atoms with Gasteiger partial charge in [-0.15, -0.1) is 0 Å². The van der Waals surface area contributed by atoms with Gasteiger partial charge in [0.15, 0.2) is 0 Å². The van der Waals surface area contributed by atoms with E-state index in [1.54, 1.807) is 24.5 Å². The maximum absolute atomic E-state index is 12.1. The number of carboxylic acid groups (broad SMARTS) is 1. The zero-order chi connectivity index (χ0) is 16.5. The molecule has 0 atom stereocenters. The first kappa shape index (κ1) is 14.3. The summed E-state index contributed by atoms with van der Waals surface area (Å²) in [6.07, 6.45) is 3.33. The molecular formula is C20H14N2O2. The third-order valence-electron chi connectivity index (χ3n) is 4.23. The van der Waals surface area contributed by atoms with E-state index in [4.69, 9.17) is 0 Å². The Balaban J connectivity index is 2.02. The molecule has 116 valence electrons. The number of carboxylic acids is 1.